The van der Waals surface area contributed by atoms with E-state index in [0.717, 1.165) is 5.56 Å². The Balaban J connectivity index is 1.94. The van der Waals surface area contributed by atoms with E-state index in [1.807, 2.05) is 6.07 Å². The first-order chi connectivity index (χ1) is 12.6. The van der Waals surface area contributed by atoms with Gasteiger partial charge in [0.15, 0.2) is 0 Å². The molecule has 0 saturated carbocycles. The van der Waals surface area contributed by atoms with E-state index in [-0.39, 0.29) is 6.61 Å². The Morgan fingerprint density at radius 3 is 2.62 bits per heavy atom. The van der Waals surface area contributed by atoms with E-state index in [2.05, 4.69) is 0 Å². The number of ether oxygens (including phenoxy) is 2. The van der Waals surface area contributed by atoms with Crippen LogP contribution in [0.4, 0.5) is 0 Å². The molecule has 5 nitrogen and oxygen atoms in total. The van der Waals surface area contributed by atoms with E-state index in [1.165, 1.54) is 0 Å². The minimum atomic E-state index is -0.958. The van der Waals surface area contributed by atoms with Gasteiger partial charge in [-0.25, -0.2) is 9.59 Å². The predicted molar refractivity (Wildman–Crippen MR) is 96.8 cm³/mol. The Morgan fingerprint density at radius 2 is 1.88 bits per heavy atom. The lowest BCUT2D eigenvalue weighted by Crippen LogP contribution is -2.32. The van der Waals surface area contributed by atoms with Crippen LogP contribution in [0.3, 0.4) is 0 Å². The first kappa shape index (κ1) is 16.7. The second-order valence-corrected chi connectivity index (χ2v) is 6.38. The first-order valence-corrected chi connectivity index (χ1v) is 8.62. The van der Waals surface area contributed by atoms with Crippen LogP contribution in [0.1, 0.15) is 24.0 Å². The van der Waals surface area contributed by atoms with E-state index in [4.69, 9.17) is 25.5 Å². The number of esters is 1. The monoisotopic (exact) mass is 370 g/mol. The topological polar surface area (TPSA) is 65.7 Å². The molecule has 1 aromatic heterocycles. The normalized spacial score (nSPS) is 18.4. The summed E-state index contributed by atoms with van der Waals surface area (Å²) in [5.41, 5.74) is 0.943. The Bertz CT molecular complexity index is 1040. The molecule has 0 aliphatic carbocycles. The van der Waals surface area contributed by atoms with Crippen LogP contribution in [0.2, 0.25) is 5.02 Å². The lowest BCUT2D eigenvalue weighted by Gasteiger charge is -2.17. The number of rotatable bonds is 3. The van der Waals surface area contributed by atoms with Gasteiger partial charge in [0.05, 0.1) is 23.5 Å². The van der Waals surface area contributed by atoms with Gasteiger partial charge < -0.3 is 13.9 Å². The molecule has 4 rings (SSSR count). The summed E-state index contributed by atoms with van der Waals surface area (Å²) < 4.78 is 16.6. The Labute approximate surface area is 154 Å². The highest BCUT2D eigenvalue weighted by molar-refractivity contribution is 6.30. The van der Waals surface area contributed by atoms with Crippen LogP contribution >= 0.6 is 11.6 Å². The number of carbonyl (C=O) groups excluding carboxylic acids is 1. The first-order valence-electron chi connectivity index (χ1n) is 8.24. The van der Waals surface area contributed by atoms with Crippen molar-refractivity contribution in [3.05, 3.63) is 75.1 Å². The summed E-state index contributed by atoms with van der Waals surface area (Å²) in [6.45, 7) is 1.94. The third-order valence-electron chi connectivity index (χ3n) is 4.41. The van der Waals surface area contributed by atoms with Crippen LogP contribution in [0, 0.1) is 0 Å². The molecule has 2 heterocycles. The average molecular weight is 371 g/mol. The molecule has 0 saturated heterocycles. The van der Waals surface area contributed by atoms with E-state index in [0.29, 0.717) is 27.3 Å². The van der Waals surface area contributed by atoms with Crippen molar-refractivity contribution in [3.63, 3.8) is 0 Å². The number of fused-ring (bicyclic) bond motifs is 3. The van der Waals surface area contributed by atoms with E-state index in [1.54, 1.807) is 49.4 Å². The summed E-state index contributed by atoms with van der Waals surface area (Å²) in [5, 5.41) is 1.21. The third-order valence-corrected chi connectivity index (χ3v) is 4.66. The lowest BCUT2D eigenvalue weighted by molar-refractivity contribution is -0.151. The minimum absolute atomic E-state index is 0.220. The molecule has 1 aliphatic heterocycles. The fourth-order valence-electron chi connectivity index (χ4n) is 3.30. The molecule has 3 aromatic rings. The molecule has 0 unspecified atom stereocenters. The maximum absolute atomic E-state index is 12.7. The van der Waals surface area contributed by atoms with Gasteiger partial charge in [-0.05, 0) is 36.8 Å². The molecule has 0 radical (unpaired) electrons. The number of halogens is 1. The Morgan fingerprint density at radius 1 is 1.15 bits per heavy atom. The molecular formula is C20H15ClO5. The molecule has 0 fully saturated rings. The van der Waals surface area contributed by atoms with E-state index < -0.39 is 23.6 Å². The predicted octanol–water partition coefficient (Wildman–Crippen LogP) is 3.90. The average Bonchev–Trinajstić information content (AvgIpc) is 3.04. The lowest BCUT2D eigenvalue weighted by atomic mass is 9.88. The van der Waals surface area contributed by atoms with Crippen LogP contribution in [0.15, 0.2) is 57.7 Å². The van der Waals surface area contributed by atoms with Crippen molar-refractivity contribution in [2.75, 3.05) is 6.61 Å². The zero-order valence-electron chi connectivity index (χ0n) is 13.9. The number of benzene rings is 2. The van der Waals surface area contributed by atoms with Gasteiger partial charge in [-0.3, -0.25) is 0 Å². The summed E-state index contributed by atoms with van der Waals surface area (Å²) in [5.74, 6) is -0.774. The van der Waals surface area contributed by atoms with Crippen LogP contribution in [0.5, 0.6) is 5.75 Å². The molecular weight excluding hydrogens is 356 g/mol. The van der Waals surface area contributed by atoms with Gasteiger partial charge in [-0.2, -0.15) is 0 Å². The van der Waals surface area contributed by atoms with Gasteiger partial charge in [0.2, 0.25) is 6.10 Å². The van der Waals surface area contributed by atoms with Crippen molar-refractivity contribution in [3.8, 4) is 5.75 Å². The van der Waals surface area contributed by atoms with Crippen molar-refractivity contribution in [2.24, 2.45) is 0 Å². The zero-order chi connectivity index (χ0) is 18.3. The fraction of sp³-hybridized carbons (Fsp3) is 0.200. The van der Waals surface area contributed by atoms with Crippen molar-refractivity contribution < 1.29 is 18.7 Å². The van der Waals surface area contributed by atoms with Crippen LogP contribution in [-0.2, 0) is 9.53 Å². The summed E-state index contributed by atoms with van der Waals surface area (Å²) in [4.78, 5) is 25.2. The molecule has 26 heavy (non-hydrogen) atoms. The van der Waals surface area contributed by atoms with Gasteiger partial charge in [0.25, 0.3) is 0 Å². The number of hydrogen-bond donors (Lipinski definition) is 0. The highest BCUT2D eigenvalue weighted by Crippen LogP contribution is 2.44. The highest BCUT2D eigenvalue weighted by atomic mass is 35.5. The van der Waals surface area contributed by atoms with E-state index in [9.17, 15) is 9.59 Å². The second kappa shape index (κ2) is 6.50. The summed E-state index contributed by atoms with van der Waals surface area (Å²) in [6.07, 6.45) is -0.958. The Kier molecular flexibility index (Phi) is 4.17. The Hall–Kier alpha value is -2.79. The standard InChI is InChI=1S/C20H15ClO5/c1-2-24-20(23)18-15(11-7-9-12(21)10-8-11)16-17(26-18)13-5-3-4-6-14(13)25-19(16)22/h3-10,15,18H,2H2,1H3/t15-,18-/m1/s1. The summed E-state index contributed by atoms with van der Waals surface area (Å²) >= 11 is 5.97. The number of hydrogen-bond acceptors (Lipinski definition) is 5. The molecule has 2 atom stereocenters. The minimum Gasteiger partial charge on any atom is -0.476 e. The zero-order valence-corrected chi connectivity index (χ0v) is 14.7. The van der Waals surface area contributed by atoms with Gasteiger partial charge in [0, 0.05) is 5.02 Å². The smallest absolute Gasteiger partial charge is 0.348 e. The highest BCUT2D eigenvalue weighted by Gasteiger charge is 2.45. The fourth-order valence-corrected chi connectivity index (χ4v) is 3.42. The van der Waals surface area contributed by atoms with Crippen molar-refractivity contribution in [2.45, 2.75) is 18.9 Å². The van der Waals surface area contributed by atoms with Gasteiger partial charge >= 0.3 is 11.6 Å². The molecule has 6 heteroatoms. The van der Waals surface area contributed by atoms with Gasteiger partial charge in [-0.15, -0.1) is 0 Å². The third kappa shape index (κ3) is 2.65. The molecule has 0 amide bonds. The van der Waals surface area contributed by atoms with E-state index >= 15 is 0 Å². The quantitative estimate of drug-likeness (QED) is 0.516. The summed E-state index contributed by atoms with van der Waals surface area (Å²) in [6, 6.07) is 14.0. The van der Waals surface area contributed by atoms with Crippen molar-refractivity contribution in [1.29, 1.82) is 0 Å². The molecule has 0 N–H and O–H groups in total. The maximum atomic E-state index is 12.7. The van der Waals surface area contributed by atoms with Crippen LogP contribution < -0.4 is 10.4 Å². The van der Waals surface area contributed by atoms with Crippen molar-refractivity contribution in [1.82, 2.24) is 0 Å². The number of carbonyl (C=O) groups is 1. The molecule has 0 spiro atoms. The van der Waals surface area contributed by atoms with Gasteiger partial charge in [-0.1, -0.05) is 35.9 Å². The maximum Gasteiger partial charge on any atom is 0.348 e. The molecule has 132 valence electrons. The van der Waals surface area contributed by atoms with Gasteiger partial charge in [0.1, 0.15) is 11.3 Å². The second-order valence-electron chi connectivity index (χ2n) is 5.95. The molecule has 1 aliphatic rings. The summed E-state index contributed by atoms with van der Waals surface area (Å²) in [7, 11) is 0. The largest absolute Gasteiger partial charge is 0.476 e. The SMILES string of the molecule is CCOC(=O)[C@@H]1Oc2c(c(=O)oc3ccccc23)[C@H]1c1ccc(Cl)cc1. The molecule has 0 bridgehead atoms. The number of para-hydroxylation sites is 1. The molecule has 2 aromatic carbocycles. The van der Waals surface area contributed by atoms with Crippen molar-refractivity contribution >= 4 is 28.5 Å². The van der Waals surface area contributed by atoms with Crippen LogP contribution in [0.25, 0.3) is 11.0 Å². The van der Waals surface area contributed by atoms with Crippen LogP contribution in [-0.4, -0.2) is 18.7 Å².